The third kappa shape index (κ3) is 6.90. The van der Waals surface area contributed by atoms with Crippen LogP contribution in [-0.4, -0.2) is 76.8 Å². The van der Waals surface area contributed by atoms with Gasteiger partial charge in [-0.15, -0.1) is 0 Å². The minimum atomic E-state index is -1.25. The van der Waals surface area contributed by atoms with Crippen LogP contribution in [0.5, 0.6) is 0 Å². The lowest BCUT2D eigenvalue weighted by atomic mass is 9.82. The van der Waals surface area contributed by atoms with Gasteiger partial charge >= 0.3 is 5.97 Å². The first-order valence-electron chi connectivity index (χ1n) is 17.1. The van der Waals surface area contributed by atoms with Crippen molar-refractivity contribution >= 4 is 57.5 Å². The van der Waals surface area contributed by atoms with Crippen molar-refractivity contribution < 1.29 is 23.9 Å². The van der Waals surface area contributed by atoms with Crippen molar-refractivity contribution in [3.63, 3.8) is 0 Å². The average molecular weight is 698 g/mol. The smallest absolute Gasteiger partial charge is 0.308 e. The van der Waals surface area contributed by atoms with Gasteiger partial charge in [-0.2, -0.15) is 0 Å². The maximum atomic E-state index is 14.8. The molecule has 1 saturated carbocycles. The predicted octanol–water partition coefficient (Wildman–Crippen LogP) is 7.08. The van der Waals surface area contributed by atoms with E-state index in [4.69, 9.17) is 32.7 Å². The van der Waals surface area contributed by atoms with Crippen LogP contribution in [0.1, 0.15) is 75.2 Å². The molecule has 0 spiro atoms. The summed E-state index contributed by atoms with van der Waals surface area (Å²) in [6.45, 7) is 9.57. The monoisotopic (exact) mass is 696 g/mol. The number of likely N-dealkylation sites (tertiary alicyclic amines) is 2. The van der Waals surface area contributed by atoms with E-state index in [9.17, 15) is 14.4 Å². The van der Waals surface area contributed by atoms with Crippen molar-refractivity contribution in [1.82, 2.24) is 14.4 Å². The quantitative estimate of drug-likeness (QED) is 0.214. The number of halogens is 2. The molecule has 1 aliphatic carbocycles. The Kier molecular flexibility index (Phi) is 10.3. The molecule has 3 aliphatic rings. The van der Waals surface area contributed by atoms with Crippen LogP contribution in [0.15, 0.2) is 42.6 Å². The highest BCUT2D eigenvalue weighted by atomic mass is 35.5. The lowest BCUT2D eigenvalue weighted by Crippen LogP contribution is -2.74. The van der Waals surface area contributed by atoms with E-state index in [1.165, 1.54) is 0 Å². The van der Waals surface area contributed by atoms with Crippen LogP contribution in [0, 0.1) is 11.3 Å². The van der Waals surface area contributed by atoms with Crippen LogP contribution >= 0.6 is 23.2 Å². The van der Waals surface area contributed by atoms with E-state index < -0.39 is 5.85 Å². The van der Waals surface area contributed by atoms with Crippen molar-refractivity contribution in [2.75, 3.05) is 38.1 Å². The number of nitrogens with one attached hydrogen (secondary N) is 1. The number of carbonyl (C=O) groups excluding carboxylic acids is 3. The fourth-order valence-electron chi connectivity index (χ4n) is 7.72. The molecule has 3 aromatic rings. The highest BCUT2D eigenvalue weighted by molar-refractivity contribution is 6.36. The van der Waals surface area contributed by atoms with Crippen molar-refractivity contribution in [2.24, 2.45) is 18.4 Å². The number of hydrogen-bond donors (Lipinski definition) is 1. The van der Waals surface area contributed by atoms with Crippen molar-refractivity contribution in [3.8, 4) is 0 Å². The van der Waals surface area contributed by atoms with Crippen molar-refractivity contribution in [1.29, 1.82) is 0 Å². The predicted molar refractivity (Wildman–Crippen MR) is 188 cm³/mol. The van der Waals surface area contributed by atoms with E-state index in [-0.39, 0.29) is 41.5 Å². The largest absolute Gasteiger partial charge is 0.466 e. The van der Waals surface area contributed by atoms with E-state index in [0.29, 0.717) is 59.1 Å². The molecule has 48 heavy (non-hydrogen) atoms. The number of esters is 1. The van der Waals surface area contributed by atoms with Crippen LogP contribution in [0.3, 0.4) is 0 Å². The number of ether oxygens (including phenoxy) is 2. The second-order valence-electron chi connectivity index (χ2n) is 14.3. The average Bonchev–Trinajstić information content (AvgIpc) is 3.70. The van der Waals surface area contributed by atoms with Crippen LogP contribution in [-0.2, 0) is 32.5 Å². The zero-order chi connectivity index (χ0) is 34.2. The topological polar surface area (TPSA) is 93.1 Å². The number of ketones is 1. The normalized spacial score (nSPS) is 22.6. The maximum absolute atomic E-state index is 14.8. The summed E-state index contributed by atoms with van der Waals surface area (Å²) in [6.07, 6.45) is 6.32. The Balaban J connectivity index is 1.24. The molecule has 2 aliphatic heterocycles. The summed E-state index contributed by atoms with van der Waals surface area (Å²) < 4.78 is 14.2. The number of aryl methyl sites for hydroxylation is 1. The number of benzene rings is 2. The minimum absolute atomic E-state index is 0.0156. The van der Waals surface area contributed by atoms with Gasteiger partial charge in [0.25, 0.3) is 5.91 Å². The number of para-hydroxylation sites is 1. The first-order valence-corrected chi connectivity index (χ1v) is 17.9. The van der Waals surface area contributed by atoms with Gasteiger partial charge in [0, 0.05) is 61.8 Å². The fraction of sp³-hybridized carbons (Fsp3) is 0.541. The maximum Gasteiger partial charge on any atom is 0.308 e. The number of Topliss-reactive ketones (excluding diaryl/α,β-unsaturated/α-hetero) is 1. The van der Waals surface area contributed by atoms with Gasteiger partial charge in [-0.05, 0) is 74.6 Å². The van der Waals surface area contributed by atoms with Crippen LogP contribution in [0.4, 0.5) is 5.69 Å². The highest BCUT2D eigenvalue weighted by Crippen LogP contribution is 2.43. The molecule has 9 nitrogen and oxygen atoms in total. The second-order valence-corrected chi connectivity index (χ2v) is 15.1. The van der Waals surface area contributed by atoms with Crippen LogP contribution in [0.2, 0.25) is 10.0 Å². The fourth-order valence-corrected chi connectivity index (χ4v) is 8.18. The molecule has 3 heterocycles. The van der Waals surface area contributed by atoms with Gasteiger partial charge in [0.05, 0.1) is 34.9 Å². The third-order valence-electron chi connectivity index (χ3n) is 10.1. The van der Waals surface area contributed by atoms with E-state index >= 15 is 0 Å². The number of aromatic nitrogens is 1. The molecule has 2 saturated heterocycles. The number of nitrogens with zero attached hydrogens (tertiary/aromatic N) is 3. The molecule has 3 fully saturated rings. The summed E-state index contributed by atoms with van der Waals surface area (Å²) in [5.74, 6) is -1.91. The molecule has 1 aromatic heterocycles. The SMILES string of the molecule is CCOC(=O)C1CCC(OC(C(=O)Cc2cc(Cl)c(NC(=O)c3cn(C)c4ccccc34)cc2Cl)(N2CCCC2)N2CC(C)(C)C2)CC1. The van der Waals surface area contributed by atoms with E-state index in [1.807, 2.05) is 42.8 Å². The van der Waals surface area contributed by atoms with Crippen molar-refractivity contribution in [2.45, 2.75) is 77.7 Å². The summed E-state index contributed by atoms with van der Waals surface area (Å²) in [6, 6.07) is 11.0. The van der Waals surface area contributed by atoms with E-state index in [0.717, 1.165) is 49.9 Å². The standard InChI is InChI=1S/C37H46Cl2N4O5/c1-5-47-35(46)24-12-14-26(15-13-24)48-37(42-16-8-9-17-42,43-22-36(2,3)23-43)33(44)19-25-18-30(39)31(20-29(25)38)40-34(45)28-21-41(4)32-11-7-6-10-27(28)32/h6-7,10-11,18,20-21,24,26H,5,8-9,12-17,19,22-23H2,1-4H3,(H,40,45). The Bertz CT molecular complexity index is 1680. The molecule has 0 bridgehead atoms. The molecule has 2 aromatic carbocycles. The van der Waals surface area contributed by atoms with E-state index in [1.54, 1.807) is 18.3 Å². The number of fused-ring (bicyclic) bond motifs is 1. The molecule has 1 unspecified atom stereocenters. The zero-order valence-corrected chi connectivity index (χ0v) is 29.8. The van der Waals surface area contributed by atoms with Gasteiger partial charge in [-0.1, -0.05) is 55.2 Å². The highest BCUT2D eigenvalue weighted by Gasteiger charge is 2.57. The number of anilines is 1. The van der Waals surface area contributed by atoms with E-state index in [2.05, 4.69) is 29.0 Å². The van der Waals surface area contributed by atoms with Gasteiger partial charge in [-0.25, -0.2) is 0 Å². The molecule has 1 amide bonds. The third-order valence-corrected chi connectivity index (χ3v) is 10.7. The van der Waals surface area contributed by atoms with Gasteiger partial charge in [-0.3, -0.25) is 24.2 Å². The van der Waals surface area contributed by atoms with Crippen LogP contribution < -0.4 is 5.32 Å². The van der Waals surface area contributed by atoms with Gasteiger partial charge in [0.1, 0.15) is 0 Å². The Morgan fingerprint density at radius 2 is 1.67 bits per heavy atom. The molecule has 0 radical (unpaired) electrons. The molecular formula is C37H46Cl2N4O5. The Morgan fingerprint density at radius 1 is 0.979 bits per heavy atom. The summed E-state index contributed by atoms with van der Waals surface area (Å²) in [5.41, 5.74) is 2.48. The summed E-state index contributed by atoms with van der Waals surface area (Å²) in [4.78, 5) is 45.0. The first kappa shape index (κ1) is 34.9. The number of rotatable bonds is 11. The summed E-state index contributed by atoms with van der Waals surface area (Å²) in [7, 11) is 1.90. The van der Waals surface area contributed by atoms with Gasteiger partial charge in [0.2, 0.25) is 5.85 Å². The molecule has 1 atom stereocenters. The second kappa shape index (κ2) is 14.1. The number of hydrogen-bond acceptors (Lipinski definition) is 7. The Morgan fingerprint density at radius 3 is 2.33 bits per heavy atom. The molecule has 11 heteroatoms. The van der Waals surface area contributed by atoms with Gasteiger partial charge in [0.15, 0.2) is 5.78 Å². The van der Waals surface area contributed by atoms with Crippen molar-refractivity contribution in [3.05, 3.63) is 63.8 Å². The molecular weight excluding hydrogens is 651 g/mol. The van der Waals surface area contributed by atoms with Gasteiger partial charge < -0.3 is 19.4 Å². The molecule has 6 rings (SSSR count). The number of carbonyl (C=O) groups is 3. The summed E-state index contributed by atoms with van der Waals surface area (Å²) >= 11 is 13.6. The van der Waals surface area contributed by atoms with Crippen LogP contribution in [0.25, 0.3) is 10.9 Å². The Labute approximate surface area is 292 Å². The number of amides is 1. The lowest BCUT2D eigenvalue weighted by molar-refractivity contribution is -0.284. The molecule has 258 valence electrons. The Hall–Kier alpha value is -2.95. The first-order chi connectivity index (χ1) is 22.9. The summed E-state index contributed by atoms with van der Waals surface area (Å²) in [5, 5.41) is 4.40. The lowest BCUT2D eigenvalue weighted by Gasteiger charge is -2.58. The minimum Gasteiger partial charge on any atom is -0.466 e. The zero-order valence-electron chi connectivity index (χ0n) is 28.3. The molecule has 1 N–H and O–H groups in total.